The molecule has 23 heavy (non-hydrogen) atoms. The molecule has 0 heterocycles. The molecule has 4 heteroatoms. The standard InChI is InChI=1S/C19H21NO3/c1-13-6-5-9-15(16(13)21)18(23)20-12-19(10-11-19)17(22)14-7-3-2-4-8-14/h2-9,17,21-22H,10-12H2,1H3,(H,20,23). The number of para-hydroxylation sites is 1. The van der Waals surface area contributed by atoms with Gasteiger partial charge in [-0.25, -0.2) is 0 Å². The molecule has 1 fully saturated rings. The molecule has 1 unspecified atom stereocenters. The molecule has 1 aliphatic rings. The average molecular weight is 311 g/mol. The molecule has 1 aliphatic carbocycles. The number of aryl methyl sites for hydroxylation is 1. The minimum Gasteiger partial charge on any atom is -0.507 e. The Hall–Kier alpha value is -2.33. The largest absolute Gasteiger partial charge is 0.507 e. The van der Waals surface area contributed by atoms with Gasteiger partial charge in [0, 0.05) is 12.0 Å². The van der Waals surface area contributed by atoms with Crippen LogP contribution in [0.3, 0.4) is 0 Å². The van der Waals surface area contributed by atoms with Gasteiger partial charge < -0.3 is 15.5 Å². The Morgan fingerprint density at radius 2 is 1.87 bits per heavy atom. The third-order valence-corrected chi connectivity index (χ3v) is 4.67. The molecular weight excluding hydrogens is 290 g/mol. The molecule has 120 valence electrons. The molecule has 2 aromatic rings. The molecule has 4 nitrogen and oxygen atoms in total. The molecule has 2 aromatic carbocycles. The fourth-order valence-corrected chi connectivity index (χ4v) is 2.89. The van der Waals surface area contributed by atoms with Crippen molar-refractivity contribution in [1.29, 1.82) is 0 Å². The Morgan fingerprint density at radius 3 is 2.52 bits per heavy atom. The predicted molar refractivity (Wildman–Crippen MR) is 88.2 cm³/mol. The second kappa shape index (κ2) is 6.05. The van der Waals surface area contributed by atoms with Crippen LogP contribution in [0.2, 0.25) is 0 Å². The zero-order valence-corrected chi connectivity index (χ0v) is 13.1. The smallest absolute Gasteiger partial charge is 0.255 e. The van der Waals surface area contributed by atoms with Gasteiger partial charge in [0.05, 0.1) is 11.7 Å². The van der Waals surface area contributed by atoms with Gasteiger partial charge in [0.25, 0.3) is 5.91 Å². The molecular formula is C19H21NO3. The van der Waals surface area contributed by atoms with Crippen molar-refractivity contribution in [2.24, 2.45) is 5.41 Å². The molecule has 0 saturated heterocycles. The third kappa shape index (κ3) is 3.08. The summed E-state index contributed by atoms with van der Waals surface area (Å²) in [6.45, 7) is 2.16. The number of carbonyl (C=O) groups excluding carboxylic acids is 1. The van der Waals surface area contributed by atoms with Crippen LogP contribution < -0.4 is 5.32 Å². The Bertz CT molecular complexity index is 708. The third-order valence-electron chi connectivity index (χ3n) is 4.67. The molecule has 0 aromatic heterocycles. The van der Waals surface area contributed by atoms with Gasteiger partial charge in [-0.3, -0.25) is 4.79 Å². The summed E-state index contributed by atoms with van der Waals surface area (Å²) in [5.74, 6) is -0.295. The number of aromatic hydroxyl groups is 1. The number of aliphatic hydroxyl groups excluding tert-OH is 1. The number of hydrogen-bond acceptors (Lipinski definition) is 3. The van der Waals surface area contributed by atoms with Crippen molar-refractivity contribution >= 4 is 5.91 Å². The van der Waals surface area contributed by atoms with E-state index in [4.69, 9.17) is 0 Å². The topological polar surface area (TPSA) is 69.6 Å². The second-order valence-electron chi connectivity index (χ2n) is 6.33. The first kappa shape index (κ1) is 15.6. The molecule has 0 radical (unpaired) electrons. The summed E-state index contributed by atoms with van der Waals surface area (Å²) >= 11 is 0. The van der Waals surface area contributed by atoms with Crippen LogP contribution in [-0.2, 0) is 0 Å². The first-order valence-corrected chi connectivity index (χ1v) is 7.83. The number of hydrogen-bond donors (Lipinski definition) is 3. The van der Waals surface area contributed by atoms with Gasteiger partial charge in [0.1, 0.15) is 5.75 Å². The molecule has 1 atom stereocenters. The van der Waals surface area contributed by atoms with Gasteiger partial charge in [-0.05, 0) is 37.0 Å². The number of rotatable bonds is 5. The molecule has 3 N–H and O–H groups in total. The number of nitrogens with one attached hydrogen (secondary N) is 1. The number of phenols is 1. The number of aliphatic hydroxyl groups is 1. The Balaban J connectivity index is 1.68. The quantitative estimate of drug-likeness (QED) is 0.795. The van der Waals surface area contributed by atoms with Gasteiger partial charge in [-0.15, -0.1) is 0 Å². The highest BCUT2D eigenvalue weighted by Gasteiger charge is 2.49. The van der Waals surface area contributed by atoms with Crippen LogP contribution in [0.1, 0.15) is 40.4 Å². The summed E-state index contributed by atoms with van der Waals surface area (Å²) < 4.78 is 0. The van der Waals surface area contributed by atoms with E-state index >= 15 is 0 Å². The van der Waals surface area contributed by atoms with E-state index < -0.39 is 6.10 Å². The fourth-order valence-electron chi connectivity index (χ4n) is 2.89. The number of phenolic OH excluding ortho intramolecular Hbond substituents is 1. The van der Waals surface area contributed by atoms with Crippen LogP contribution in [0, 0.1) is 12.3 Å². The second-order valence-corrected chi connectivity index (χ2v) is 6.33. The van der Waals surface area contributed by atoms with E-state index in [1.54, 1.807) is 25.1 Å². The van der Waals surface area contributed by atoms with E-state index in [2.05, 4.69) is 5.32 Å². The summed E-state index contributed by atoms with van der Waals surface area (Å²) in [5.41, 5.74) is 1.52. The summed E-state index contributed by atoms with van der Waals surface area (Å²) in [6, 6.07) is 14.6. The molecule has 1 saturated carbocycles. The lowest BCUT2D eigenvalue weighted by Gasteiger charge is -2.23. The van der Waals surface area contributed by atoms with Crippen molar-refractivity contribution in [3.63, 3.8) is 0 Å². The Morgan fingerprint density at radius 1 is 1.17 bits per heavy atom. The predicted octanol–water partition coefficient (Wildman–Crippen LogP) is 2.94. The van der Waals surface area contributed by atoms with Crippen LogP contribution >= 0.6 is 0 Å². The first-order chi connectivity index (χ1) is 11.0. The van der Waals surface area contributed by atoms with Crippen molar-refractivity contribution in [3.05, 3.63) is 65.2 Å². The monoisotopic (exact) mass is 311 g/mol. The van der Waals surface area contributed by atoms with E-state index in [-0.39, 0.29) is 22.6 Å². The Kier molecular flexibility index (Phi) is 4.09. The lowest BCUT2D eigenvalue weighted by atomic mass is 9.92. The summed E-state index contributed by atoms with van der Waals surface area (Å²) in [7, 11) is 0. The molecule has 0 spiro atoms. The normalized spacial score (nSPS) is 16.6. The van der Waals surface area contributed by atoms with Gasteiger partial charge in [-0.2, -0.15) is 0 Å². The maximum absolute atomic E-state index is 12.3. The maximum atomic E-state index is 12.3. The highest BCUT2D eigenvalue weighted by atomic mass is 16.3. The lowest BCUT2D eigenvalue weighted by Crippen LogP contribution is -2.33. The molecule has 0 aliphatic heterocycles. The van der Waals surface area contributed by atoms with Crippen molar-refractivity contribution in [2.45, 2.75) is 25.9 Å². The van der Waals surface area contributed by atoms with Gasteiger partial charge in [0.15, 0.2) is 0 Å². The van der Waals surface area contributed by atoms with Crippen LogP contribution in [0.25, 0.3) is 0 Å². The van der Waals surface area contributed by atoms with Crippen molar-refractivity contribution in [2.75, 3.05) is 6.54 Å². The van der Waals surface area contributed by atoms with Crippen molar-refractivity contribution < 1.29 is 15.0 Å². The van der Waals surface area contributed by atoms with E-state index in [1.165, 1.54) is 0 Å². The highest BCUT2D eigenvalue weighted by molar-refractivity contribution is 5.97. The zero-order chi connectivity index (χ0) is 16.4. The maximum Gasteiger partial charge on any atom is 0.255 e. The molecule has 3 rings (SSSR count). The number of benzene rings is 2. The summed E-state index contributed by atoms with van der Waals surface area (Å²) in [4.78, 5) is 12.3. The highest BCUT2D eigenvalue weighted by Crippen LogP contribution is 2.54. The first-order valence-electron chi connectivity index (χ1n) is 7.83. The van der Waals surface area contributed by atoms with Gasteiger partial charge in [-0.1, -0.05) is 42.5 Å². The summed E-state index contributed by atoms with van der Waals surface area (Å²) in [6.07, 6.45) is 1.17. The van der Waals surface area contributed by atoms with E-state index in [0.717, 1.165) is 18.4 Å². The van der Waals surface area contributed by atoms with Gasteiger partial charge in [0.2, 0.25) is 0 Å². The van der Waals surface area contributed by atoms with E-state index in [9.17, 15) is 15.0 Å². The lowest BCUT2D eigenvalue weighted by molar-refractivity contribution is 0.0806. The SMILES string of the molecule is Cc1cccc(C(=O)NCC2(C(O)c3ccccc3)CC2)c1O. The van der Waals surface area contributed by atoms with Gasteiger partial charge >= 0.3 is 0 Å². The Labute approximate surface area is 135 Å². The summed E-state index contributed by atoms with van der Waals surface area (Å²) in [5, 5.41) is 23.4. The minimum absolute atomic E-state index is 0.0125. The average Bonchev–Trinajstić information content (AvgIpc) is 3.36. The van der Waals surface area contributed by atoms with Crippen molar-refractivity contribution in [3.8, 4) is 5.75 Å². The molecule has 0 bridgehead atoms. The number of amides is 1. The van der Waals surface area contributed by atoms with Crippen LogP contribution in [0.5, 0.6) is 5.75 Å². The fraction of sp³-hybridized carbons (Fsp3) is 0.316. The molecule has 1 amide bonds. The van der Waals surface area contributed by atoms with E-state index in [1.807, 2.05) is 30.3 Å². The van der Waals surface area contributed by atoms with E-state index in [0.29, 0.717) is 12.1 Å². The number of carbonyl (C=O) groups is 1. The van der Waals surface area contributed by atoms with Crippen LogP contribution in [0.4, 0.5) is 0 Å². The van der Waals surface area contributed by atoms with Crippen LogP contribution in [-0.4, -0.2) is 22.7 Å². The minimum atomic E-state index is -0.588. The van der Waals surface area contributed by atoms with Crippen LogP contribution in [0.15, 0.2) is 48.5 Å². The van der Waals surface area contributed by atoms with Crippen molar-refractivity contribution in [1.82, 2.24) is 5.32 Å². The zero-order valence-electron chi connectivity index (χ0n) is 13.1.